The number of nitrogens with one attached hydrogen (secondary N) is 2. The first-order valence-electron chi connectivity index (χ1n) is 12.2. The quantitative estimate of drug-likeness (QED) is 0.356. The number of fused-ring (bicyclic) bond motifs is 1. The maximum absolute atomic E-state index is 12.8. The number of hydrogen-bond donors (Lipinski definition) is 2. The smallest absolute Gasteiger partial charge is 0.323 e. The van der Waals surface area contributed by atoms with Crippen molar-refractivity contribution < 1.29 is 14.3 Å². The predicted molar refractivity (Wildman–Crippen MR) is 143 cm³/mol. The highest BCUT2D eigenvalue weighted by Gasteiger charge is 2.31. The van der Waals surface area contributed by atoms with Gasteiger partial charge in [0.2, 0.25) is 0 Å². The van der Waals surface area contributed by atoms with Crippen molar-refractivity contribution in [3.63, 3.8) is 0 Å². The van der Waals surface area contributed by atoms with E-state index in [1.54, 1.807) is 18.9 Å². The summed E-state index contributed by atoms with van der Waals surface area (Å²) in [6, 6.07) is 4.08. The van der Waals surface area contributed by atoms with Gasteiger partial charge in [0.25, 0.3) is 0 Å². The van der Waals surface area contributed by atoms with Crippen molar-refractivity contribution in [2.24, 2.45) is 0 Å². The van der Waals surface area contributed by atoms with Gasteiger partial charge in [-0.1, -0.05) is 26.7 Å². The molecule has 0 aromatic heterocycles. The predicted octanol–water partition coefficient (Wildman–Crippen LogP) is 5.78. The van der Waals surface area contributed by atoms with Crippen molar-refractivity contribution in [1.82, 2.24) is 10.6 Å². The Morgan fingerprint density at radius 3 is 2.70 bits per heavy atom. The number of methoxy groups -OCH3 is 1. The molecule has 2 atom stereocenters. The van der Waals surface area contributed by atoms with Gasteiger partial charge in [-0.2, -0.15) is 11.8 Å². The normalized spacial score (nSPS) is 19.5. The second kappa shape index (κ2) is 13.3. The van der Waals surface area contributed by atoms with E-state index in [9.17, 15) is 4.79 Å². The number of thioether (sulfide) groups is 2. The lowest BCUT2D eigenvalue weighted by atomic mass is 9.91. The van der Waals surface area contributed by atoms with Gasteiger partial charge in [0.1, 0.15) is 17.4 Å². The van der Waals surface area contributed by atoms with Crippen molar-refractivity contribution in [2.45, 2.75) is 102 Å². The van der Waals surface area contributed by atoms with Crippen LogP contribution in [0.1, 0.15) is 77.8 Å². The van der Waals surface area contributed by atoms with E-state index in [1.165, 1.54) is 29.7 Å². The summed E-state index contributed by atoms with van der Waals surface area (Å²) in [6.07, 6.45) is 7.60. The van der Waals surface area contributed by atoms with Crippen LogP contribution in [0.2, 0.25) is 0 Å². The molecule has 1 aliphatic heterocycles. The Morgan fingerprint density at radius 1 is 1.33 bits per heavy atom. The monoisotopic (exact) mass is 496 g/mol. The van der Waals surface area contributed by atoms with Gasteiger partial charge < -0.3 is 20.1 Å². The number of carbonyl (C=O) groups is 1. The van der Waals surface area contributed by atoms with E-state index in [-0.39, 0.29) is 17.6 Å². The fraction of sp³-hybridized carbons (Fsp3) is 0.731. The summed E-state index contributed by atoms with van der Waals surface area (Å²) in [5.74, 6) is 2.65. The molecule has 2 rings (SSSR count). The molecular weight excluding hydrogens is 452 g/mol. The molecule has 0 spiro atoms. The molecule has 1 aromatic carbocycles. The molecule has 5 nitrogen and oxygen atoms in total. The molecule has 1 aromatic rings. The summed E-state index contributed by atoms with van der Waals surface area (Å²) >= 11 is 3.69. The average Bonchev–Trinajstić information content (AvgIpc) is 2.95. The maximum atomic E-state index is 12.8. The van der Waals surface area contributed by atoms with E-state index in [0.29, 0.717) is 6.54 Å². The van der Waals surface area contributed by atoms with Gasteiger partial charge >= 0.3 is 5.97 Å². The van der Waals surface area contributed by atoms with Gasteiger partial charge in [0, 0.05) is 34.8 Å². The highest BCUT2D eigenvalue weighted by atomic mass is 32.2. The molecule has 2 unspecified atom stereocenters. The molecule has 2 N–H and O–H groups in total. The van der Waals surface area contributed by atoms with E-state index in [2.05, 4.69) is 42.9 Å². The number of carbonyl (C=O) groups excluding carboxylic acids is 1. The fourth-order valence-electron chi connectivity index (χ4n) is 4.02. The Morgan fingerprint density at radius 2 is 2.09 bits per heavy atom. The molecule has 188 valence electrons. The van der Waals surface area contributed by atoms with Gasteiger partial charge in [0.15, 0.2) is 0 Å². The Kier molecular flexibility index (Phi) is 11.4. The third-order valence-corrected chi connectivity index (χ3v) is 8.18. The minimum atomic E-state index is -0.495. The topological polar surface area (TPSA) is 59.6 Å². The molecule has 0 bridgehead atoms. The van der Waals surface area contributed by atoms with Crippen LogP contribution < -0.4 is 15.4 Å². The van der Waals surface area contributed by atoms with Crippen molar-refractivity contribution in [2.75, 3.05) is 24.9 Å². The number of ether oxygens (including phenoxy) is 2. The molecule has 7 heteroatoms. The highest BCUT2D eigenvalue weighted by Crippen LogP contribution is 2.37. The number of rotatable bonds is 12. The molecule has 33 heavy (non-hydrogen) atoms. The second-order valence-corrected chi connectivity index (χ2v) is 11.9. The zero-order chi connectivity index (χ0) is 24.5. The van der Waals surface area contributed by atoms with E-state index in [0.717, 1.165) is 42.2 Å². The fourth-order valence-corrected chi connectivity index (χ4v) is 5.91. The molecular formula is C26H44N2O3S2. The first-order valence-corrected chi connectivity index (χ1v) is 14.6. The van der Waals surface area contributed by atoms with Gasteiger partial charge in [-0.05, 0) is 69.7 Å². The lowest BCUT2D eigenvalue weighted by Crippen LogP contribution is -2.45. The number of hydrogen-bond acceptors (Lipinski definition) is 7. The molecule has 0 saturated heterocycles. The summed E-state index contributed by atoms with van der Waals surface area (Å²) < 4.78 is 11.4. The van der Waals surface area contributed by atoms with Crippen LogP contribution in [0, 0.1) is 0 Å². The van der Waals surface area contributed by atoms with Crippen LogP contribution in [-0.4, -0.2) is 48.0 Å². The zero-order valence-corrected chi connectivity index (χ0v) is 23.3. The Balaban J connectivity index is 2.18. The average molecular weight is 497 g/mol. The summed E-state index contributed by atoms with van der Waals surface area (Å²) in [5, 5.41) is 7.31. The minimum Gasteiger partial charge on any atom is -0.496 e. The van der Waals surface area contributed by atoms with Crippen LogP contribution in [0.4, 0.5) is 0 Å². The SMILES string of the molecule is CCCCC1(CC)CSc2cc(CNC(CCSC)C(=O)OC(C)(C)C)c(OC)cc2CN1. The first kappa shape index (κ1) is 28.3. The zero-order valence-electron chi connectivity index (χ0n) is 21.6. The summed E-state index contributed by atoms with van der Waals surface area (Å²) in [5.41, 5.74) is 2.06. The number of unbranched alkanes of at least 4 members (excludes halogenated alkanes) is 1. The molecule has 1 heterocycles. The van der Waals surface area contributed by atoms with E-state index < -0.39 is 5.60 Å². The van der Waals surface area contributed by atoms with Crippen molar-refractivity contribution >= 4 is 29.5 Å². The number of benzene rings is 1. The largest absolute Gasteiger partial charge is 0.496 e. The van der Waals surface area contributed by atoms with Gasteiger partial charge in [-0.15, -0.1) is 11.8 Å². The van der Waals surface area contributed by atoms with Crippen LogP contribution >= 0.6 is 23.5 Å². The summed E-state index contributed by atoms with van der Waals surface area (Å²) in [6.45, 7) is 11.7. The standard InChI is InChI=1S/C26H44N2O3S2/c1-8-10-12-26(9-2)18-33-23-15-19(22(30-6)14-20(23)17-28-26)16-27-21(11-13-32-7)24(29)31-25(3,4)5/h14-15,21,27-28H,8-13,16-18H2,1-7H3. The second-order valence-electron chi connectivity index (χ2n) is 9.90. The molecule has 0 radical (unpaired) electrons. The van der Waals surface area contributed by atoms with Crippen LogP contribution in [0.3, 0.4) is 0 Å². The maximum Gasteiger partial charge on any atom is 0.323 e. The lowest BCUT2D eigenvalue weighted by molar-refractivity contribution is -0.157. The van der Waals surface area contributed by atoms with Crippen LogP contribution in [0.5, 0.6) is 5.75 Å². The highest BCUT2D eigenvalue weighted by molar-refractivity contribution is 7.99. The van der Waals surface area contributed by atoms with Gasteiger partial charge in [-0.25, -0.2) is 0 Å². The van der Waals surface area contributed by atoms with Crippen LogP contribution in [0.25, 0.3) is 0 Å². The van der Waals surface area contributed by atoms with E-state index in [4.69, 9.17) is 9.47 Å². The third-order valence-electron chi connectivity index (χ3n) is 6.15. The van der Waals surface area contributed by atoms with Crippen molar-refractivity contribution in [1.29, 1.82) is 0 Å². The van der Waals surface area contributed by atoms with Gasteiger partial charge in [0.05, 0.1) is 7.11 Å². The summed E-state index contributed by atoms with van der Waals surface area (Å²) in [4.78, 5) is 14.1. The summed E-state index contributed by atoms with van der Waals surface area (Å²) in [7, 11) is 1.72. The van der Waals surface area contributed by atoms with Crippen LogP contribution in [-0.2, 0) is 22.6 Å². The third kappa shape index (κ3) is 8.68. The van der Waals surface area contributed by atoms with E-state index >= 15 is 0 Å². The van der Waals surface area contributed by atoms with Crippen LogP contribution in [0.15, 0.2) is 17.0 Å². The van der Waals surface area contributed by atoms with Crippen molar-refractivity contribution in [3.8, 4) is 5.75 Å². The Labute approximate surface area is 209 Å². The Bertz CT molecular complexity index is 767. The van der Waals surface area contributed by atoms with Gasteiger partial charge in [-0.3, -0.25) is 4.79 Å². The molecule has 0 saturated carbocycles. The molecule has 0 fully saturated rings. The Hall–Kier alpha value is -0.890. The molecule has 0 amide bonds. The lowest BCUT2D eigenvalue weighted by Gasteiger charge is -2.32. The minimum absolute atomic E-state index is 0.185. The molecule has 0 aliphatic carbocycles. The molecule has 1 aliphatic rings. The van der Waals surface area contributed by atoms with E-state index in [1.807, 2.05) is 32.5 Å². The van der Waals surface area contributed by atoms with Crippen molar-refractivity contribution in [3.05, 3.63) is 23.3 Å². The first-order chi connectivity index (χ1) is 15.7. The number of esters is 1.